The molecule has 0 saturated heterocycles. The van der Waals surface area contributed by atoms with Gasteiger partial charge in [-0.3, -0.25) is 4.98 Å². The third-order valence-electron chi connectivity index (χ3n) is 1.93. The summed E-state index contributed by atoms with van der Waals surface area (Å²) in [4.78, 5) is 9.60. The van der Waals surface area contributed by atoms with Gasteiger partial charge in [0.05, 0.1) is 11.8 Å². The van der Waals surface area contributed by atoms with E-state index in [1.807, 2.05) is 18.2 Å². The number of hydrogen-bond acceptors (Lipinski definition) is 4. The number of aliphatic hydroxyl groups is 1. The van der Waals surface area contributed by atoms with E-state index in [1.54, 1.807) is 30.7 Å². The second-order valence-electron chi connectivity index (χ2n) is 3.40. The van der Waals surface area contributed by atoms with Gasteiger partial charge in [0.25, 0.3) is 0 Å². The molecule has 0 bridgehead atoms. The monoisotopic (exact) mass is 220 g/mol. The third-order valence-corrected chi connectivity index (χ3v) is 2.98. The summed E-state index contributed by atoms with van der Waals surface area (Å²) in [6, 6.07) is 5.76. The number of pyridine rings is 1. The first-order chi connectivity index (χ1) is 7.25. The van der Waals surface area contributed by atoms with Crippen LogP contribution in [0.15, 0.2) is 30.6 Å². The van der Waals surface area contributed by atoms with Gasteiger partial charge in [-0.05, 0) is 19.1 Å². The van der Waals surface area contributed by atoms with Crippen molar-refractivity contribution in [1.82, 2.24) is 9.97 Å². The average Bonchev–Trinajstić information content (AvgIpc) is 2.67. The molecule has 4 heteroatoms. The van der Waals surface area contributed by atoms with Crippen molar-refractivity contribution in [3.8, 4) is 10.7 Å². The number of aromatic nitrogens is 2. The fourth-order valence-electron chi connectivity index (χ4n) is 1.30. The molecular formula is C11H12N2OS. The Labute approximate surface area is 92.5 Å². The lowest BCUT2D eigenvalue weighted by molar-refractivity contribution is 0.196. The Bertz CT molecular complexity index is 425. The largest absolute Gasteiger partial charge is 0.393 e. The first kappa shape index (κ1) is 10.3. The third kappa shape index (κ3) is 2.61. The summed E-state index contributed by atoms with van der Waals surface area (Å²) in [7, 11) is 0. The zero-order valence-corrected chi connectivity index (χ0v) is 9.24. The highest BCUT2D eigenvalue weighted by Gasteiger charge is 2.06. The van der Waals surface area contributed by atoms with Crippen LogP contribution in [0.1, 0.15) is 11.8 Å². The Morgan fingerprint density at radius 2 is 2.27 bits per heavy atom. The van der Waals surface area contributed by atoms with E-state index in [0.717, 1.165) is 15.6 Å². The number of nitrogens with zero attached hydrogens (tertiary/aromatic N) is 2. The van der Waals surface area contributed by atoms with E-state index in [2.05, 4.69) is 9.97 Å². The Morgan fingerprint density at radius 1 is 1.40 bits per heavy atom. The maximum absolute atomic E-state index is 9.25. The maximum Gasteiger partial charge on any atom is 0.142 e. The van der Waals surface area contributed by atoms with E-state index in [9.17, 15) is 5.11 Å². The molecule has 0 radical (unpaired) electrons. The molecule has 15 heavy (non-hydrogen) atoms. The average molecular weight is 220 g/mol. The fraction of sp³-hybridized carbons (Fsp3) is 0.273. The van der Waals surface area contributed by atoms with E-state index in [1.165, 1.54) is 0 Å². The van der Waals surface area contributed by atoms with Crippen LogP contribution in [0, 0.1) is 0 Å². The molecule has 0 spiro atoms. The van der Waals surface area contributed by atoms with Gasteiger partial charge in [-0.15, -0.1) is 11.3 Å². The van der Waals surface area contributed by atoms with E-state index in [-0.39, 0.29) is 6.10 Å². The molecule has 2 rings (SSSR count). The van der Waals surface area contributed by atoms with Gasteiger partial charge in [0.15, 0.2) is 0 Å². The second kappa shape index (κ2) is 4.51. The first-order valence-electron chi connectivity index (χ1n) is 4.80. The highest BCUT2D eigenvalue weighted by atomic mass is 32.1. The van der Waals surface area contributed by atoms with Crippen molar-refractivity contribution >= 4 is 11.3 Å². The van der Waals surface area contributed by atoms with Crippen LogP contribution in [0.25, 0.3) is 10.7 Å². The maximum atomic E-state index is 9.25. The van der Waals surface area contributed by atoms with Crippen molar-refractivity contribution in [2.45, 2.75) is 19.4 Å². The molecule has 0 fully saturated rings. The number of rotatable bonds is 3. The molecule has 0 aromatic carbocycles. The molecule has 1 N–H and O–H groups in total. The van der Waals surface area contributed by atoms with Crippen molar-refractivity contribution in [3.05, 3.63) is 35.5 Å². The van der Waals surface area contributed by atoms with Crippen LogP contribution >= 0.6 is 11.3 Å². The lowest BCUT2D eigenvalue weighted by Gasteiger charge is -1.98. The van der Waals surface area contributed by atoms with Gasteiger partial charge < -0.3 is 5.11 Å². The molecule has 2 aromatic heterocycles. The molecule has 0 saturated carbocycles. The van der Waals surface area contributed by atoms with E-state index in [0.29, 0.717) is 6.42 Å². The second-order valence-corrected chi connectivity index (χ2v) is 4.52. The summed E-state index contributed by atoms with van der Waals surface area (Å²) in [6.45, 7) is 1.78. The lowest BCUT2D eigenvalue weighted by Crippen LogP contribution is -2.01. The molecule has 1 atom stereocenters. The van der Waals surface area contributed by atoms with Crippen LogP contribution in [-0.4, -0.2) is 21.2 Å². The molecule has 0 aliphatic carbocycles. The Kier molecular flexibility index (Phi) is 3.08. The highest BCUT2D eigenvalue weighted by molar-refractivity contribution is 7.15. The number of thiazole rings is 1. The molecule has 2 heterocycles. The van der Waals surface area contributed by atoms with Crippen molar-refractivity contribution in [2.24, 2.45) is 0 Å². The topological polar surface area (TPSA) is 46.0 Å². The van der Waals surface area contributed by atoms with Crippen LogP contribution in [0.4, 0.5) is 0 Å². The summed E-state index contributed by atoms with van der Waals surface area (Å²) >= 11 is 1.58. The standard InChI is InChI=1S/C11H12N2OS/c1-8(14)6-9-7-13-11(15-9)10-4-2-3-5-12-10/h2-5,7-8,14H,6H2,1H3. The zero-order valence-electron chi connectivity index (χ0n) is 8.42. The van der Waals surface area contributed by atoms with Crippen molar-refractivity contribution in [2.75, 3.05) is 0 Å². The molecular weight excluding hydrogens is 208 g/mol. The molecule has 0 aliphatic heterocycles. The number of aliphatic hydroxyl groups excluding tert-OH is 1. The summed E-state index contributed by atoms with van der Waals surface area (Å²) in [6.07, 6.45) is 3.90. The predicted octanol–water partition coefficient (Wildman–Crippen LogP) is 2.13. The van der Waals surface area contributed by atoms with Crippen molar-refractivity contribution < 1.29 is 5.11 Å². The van der Waals surface area contributed by atoms with Gasteiger partial charge in [-0.25, -0.2) is 4.98 Å². The van der Waals surface area contributed by atoms with Crippen LogP contribution in [0.3, 0.4) is 0 Å². The van der Waals surface area contributed by atoms with E-state index >= 15 is 0 Å². The number of hydrogen-bond donors (Lipinski definition) is 1. The minimum absolute atomic E-state index is 0.318. The highest BCUT2D eigenvalue weighted by Crippen LogP contribution is 2.23. The lowest BCUT2D eigenvalue weighted by atomic mass is 10.3. The molecule has 2 aromatic rings. The molecule has 0 amide bonds. The van der Waals surface area contributed by atoms with Gasteiger partial charge in [0.2, 0.25) is 0 Å². The van der Waals surface area contributed by atoms with Crippen LogP contribution in [0.2, 0.25) is 0 Å². The molecule has 3 nitrogen and oxygen atoms in total. The van der Waals surface area contributed by atoms with Gasteiger partial charge >= 0.3 is 0 Å². The first-order valence-corrected chi connectivity index (χ1v) is 5.61. The summed E-state index contributed by atoms with van der Waals surface area (Å²) in [5.74, 6) is 0. The van der Waals surface area contributed by atoms with Gasteiger partial charge in [-0.1, -0.05) is 6.07 Å². The summed E-state index contributed by atoms with van der Waals surface area (Å²) < 4.78 is 0. The Morgan fingerprint density at radius 3 is 2.93 bits per heavy atom. The summed E-state index contributed by atoms with van der Waals surface area (Å²) in [5.41, 5.74) is 0.888. The van der Waals surface area contributed by atoms with Crippen molar-refractivity contribution in [3.63, 3.8) is 0 Å². The van der Waals surface area contributed by atoms with E-state index in [4.69, 9.17) is 0 Å². The summed E-state index contributed by atoms with van der Waals surface area (Å²) in [5, 5.41) is 10.2. The smallest absolute Gasteiger partial charge is 0.142 e. The predicted molar refractivity (Wildman–Crippen MR) is 60.7 cm³/mol. The van der Waals surface area contributed by atoms with E-state index < -0.39 is 0 Å². The minimum Gasteiger partial charge on any atom is -0.393 e. The quantitative estimate of drug-likeness (QED) is 0.862. The normalized spacial score (nSPS) is 12.7. The van der Waals surface area contributed by atoms with Crippen LogP contribution < -0.4 is 0 Å². The minimum atomic E-state index is -0.318. The Hall–Kier alpha value is -1.26. The zero-order chi connectivity index (χ0) is 10.7. The van der Waals surface area contributed by atoms with Gasteiger partial charge in [0, 0.05) is 23.7 Å². The van der Waals surface area contributed by atoms with Crippen LogP contribution in [-0.2, 0) is 6.42 Å². The Balaban J connectivity index is 2.21. The van der Waals surface area contributed by atoms with Crippen LogP contribution in [0.5, 0.6) is 0 Å². The van der Waals surface area contributed by atoms with Gasteiger partial charge in [0.1, 0.15) is 5.01 Å². The molecule has 78 valence electrons. The van der Waals surface area contributed by atoms with Crippen molar-refractivity contribution in [1.29, 1.82) is 0 Å². The molecule has 1 unspecified atom stereocenters. The SMILES string of the molecule is CC(O)Cc1cnc(-c2ccccn2)s1. The van der Waals surface area contributed by atoms with Gasteiger partial charge in [-0.2, -0.15) is 0 Å². The molecule has 0 aliphatic rings. The fourth-order valence-corrected chi connectivity index (χ4v) is 2.31.